The second kappa shape index (κ2) is 4.61. The van der Waals surface area contributed by atoms with E-state index in [4.69, 9.17) is 4.74 Å². The summed E-state index contributed by atoms with van der Waals surface area (Å²) in [4.78, 5) is 4.04. The van der Waals surface area contributed by atoms with E-state index in [0.29, 0.717) is 0 Å². The fourth-order valence-corrected chi connectivity index (χ4v) is 1.98. The van der Waals surface area contributed by atoms with Gasteiger partial charge in [0.2, 0.25) is 0 Å². The van der Waals surface area contributed by atoms with E-state index in [-0.39, 0.29) is 5.75 Å². The molecule has 0 amide bonds. The van der Waals surface area contributed by atoms with E-state index in [2.05, 4.69) is 4.98 Å². The van der Waals surface area contributed by atoms with Crippen LogP contribution in [0.5, 0.6) is 17.2 Å². The van der Waals surface area contributed by atoms with Crippen molar-refractivity contribution in [3.8, 4) is 17.2 Å². The fourth-order valence-electron chi connectivity index (χ4n) is 1.98. The van der Waals surface area contributed by atoms with Crippen molar-refractivity contribution in [1.82, 2.24) is 4.98 Å². The average molecular weight is 251 g/mol. The molecule has 19 heavy (non-hydrogen) atoms. The standard InChI is InChI=1S/C16H13NO2/c1-11-10-17-7-6-16(11)19-15-5-3-12-2-4-14(18)8-13(12)9-15/h2-10,18H,1H3. The third-order valence-electron chi connectivity index (χ3n) is 2.99. The van der Waals surface area contributed by atoms with Crippen molar-refractivity contribution in [1.29, 1.82) is 0 Å². The zero-order chi connectivity index (χ0) is 13.2. The largest absolute Gasteiger partial charge is 0.508 e. The Morgan fingerprint density at radius 3 is 2.68 bits per heavy atom. The predicted octanol–water partition coefficient (Wildman–Crippen LogP) is 4.04. The Bertz CT molecular complexity index is 738. The molecule has 0 aliphatic heterocycles. The van der Waals surface area contributed by atoms with Gasteiger partial charge in [-0.25, -0.2) is 0 Å². The smallest absolute Gasteiger partial charge is 0.133 e. The Morgan fingerprint density at radius 2 is 1.84 bits per heavy atom. The van der Waals surface area contributed by atoms with Crippen LogP contribution in [0.4, 0.5) is 0 Å². The van der Waals surface area contributed by atoms with Crippen LogP contribution in [-0.4, -0.2) is 10.1 Å². The van der Waals surface area contributed by atoms with Crippen LogP contribution in [0.2, 0.25) is 0 Å². The number of phenols is 1. The third kappa shape index (κ3) is 2.36. The summed E-state index contributed by atoms with van der Waals surface area (Å²) in [6, 6.07) is 12.9. The number of phenolic OH excluding ortho intramolecular Hbond substituents is 1. The summed E-state index contributed by atoms with van der Waals surface area (Å²) >= 11 is 0. The van der Waals surface area contributed by atoms with Gasteiger partial charge in [0.1, 0.15) is 17.2 Å². The van der Waals surface area contributed by atoms with Crippen LogP contribution in [0.15, 0.2) is 54.9 Å². The molecule has 1 heterocycles. The van der Waals surface area contributed by atoms with Crippen LogP contribution in [0, 0.1) is 6.92 Å². The number of aromatic nitrogens is 1. The van der Waals surface area contributed by atoms with E-state index in [1.54, 1.807) is 24.5 Å². The zero-order valence-corrected chi connectivity index (χ0v) is 10.5. The first kappa shape index (κ1) is 11.5. The number of hydrogen-bond donors (Lipinski definition) is 1. The highest BCUT2D eigenvalue weighted by molar-refractivity contribution is 5.85. The Morgan fingerprint density at radius 1 is 1.00 bits per heavy atom. The number of aryl methyl sites for hydroxylation is 1. The Labute approximate surface area is 111 Å². The lowest BCUT2D eigenvalue weighted by atomic mass is 10.1. The first-order valence-corrected chi connectivity index (χ1v) is 6.04. The predicted molar refractivity (Wildman–Crippen MR) is 74.7 cm³/mol. The fraction of sp³-hybridized carbons (Fsp3) is 0.0625. The van der Waals surface area contributed by atoms with Crippen molar-refractivity contribution in [2.45, 2.75) is 6.92 Å². The van der Waals surface area contributed by atoms with Gasteiger partial charge in [-0.05, 0) is 48.0 Å². The van der Waals surface area contributed by atoms with Crippen LogP contribution in [0.25, 0.3) is 10.8 Å². The van der Waals surface area contributed by atoms with Gasteiger partial charge in [0.05, 0.1) is 0 Å². The molecule has 3 heteroatoms. The highest BCUT2D eigenvalue weighted by atomic mass is 16.5. The van der Waals surface area contributed by atoms with Gasteiger partial charge in [-0.1, -0.05) is 12.1 Å². The number of aromatic hydroxyl groups is 1. The molecular formula is C16H13NO2. The van der Waals surface area contributed by atoms with Gasteiger partial charge in [0.25, 0.3) is 0 Å². The normalized spacial score (nSPS) is 10.6. The van der Waals surface area contributed by atoms with Gasteiger partial charge in [0.15, 0.2) is 0 Å². The van der Waals surface area contributed by atoms with Crippen LogP contribution >= 0.6 is 0 Å². The molecule has 0 spiro atoms. The molecule has 0 saturated heterocycles. The highest BCUT2D eigenvalue weighted by Crippen LogP contribution is 2.28. The number of hydrogen-bond acceptors (Lipinski definition) is 3. The van der Waals surface area contributed by atoms with Crippen LogP contribution in [-0.2, 0) is 0 Å². The summed E-state index contributed by atoms with van der Waals surface area (Å²) in [5, 5.41) is 11.5. The monoisotopic (exact) mass is 251 g/mol. The van der Waals surface area contributed by atoms with Gasteiger partial charge >= 0.3 is 0 Å². The lowest BCUT2D eigenvalue weighted by Gasteiger charge is -2.09. The Kier molecular flexibility index (Phi) is 2.80. The number of benzene rings is 2. The third-order valence-corrected chi connectivity index (χ3v) is 2.99. The highest BCUT2D eigenvalue weighted by Gasteiger charge is 2.02. The van der Waals surface area contributed by atoms with Gasteiger partial charge in [-0.15, -0.1) is 0 Å². The van der Waals surface area contributed by atoms with Crippen molar-refractivity contribution < 1.29 is 9.84 Å². The van der Waals surface area contributed by atoms with Gasteiger partial charge in [0, 0.05) is 18.0 Å². The summed E-state index contributed by atoms with van der Waals surface area (Å²) in [6.07, 6.45) is 3.47. The van der Waals surface area contributed by atoms with Crippen LogP contribution in [0.3, 0.4) is 0 Å². The van der Waals surface area contributed by atoms with E-state index in [9.17, 15) is 5.11 Å². The Balaban J connectivity index is 2.00. The van der Waals surface area contributed by atoms with Crippen molar-refractivity contribution in [2.24, 2.45) is 0 Å². The minimum Gasteiger partial charge on any atom is -0.508 e. The number of nitrogens with zero attached hydrogens (tertiary/aromatic N) is 1. The molecule has 0 fully saturated rings. The minimum atomic E-state index is 0.254. The molecule has 0 aliphatic rings. The average Bonchev–Trinajstić information content (AvgIpc) is 2.41. The topological polar surface area (TPSA) is 42.4 Å². The SMILES string of the molecule is Cc1cnccc1Oc1ccc2ccc(O)cc2c1. The first-order valence-electron chi connectivity index (χ1n) is 6.04. The molecule has 0 bridgehead atoms. The van der Waals surface area contributed by atoms with E-state index in [0.717, 1.165) is 27.8 Å². The summed E-state index contributed by atoms with van der Waals surface area (Å²) in [5.74, 6) is 1.78. The molecular weight excluding hydrogens is 238 g/mol. The molecule has 3 rings (SSSR count). The molecule has 0 aliphatic carbocycles. The maximum Gasteiger partial charge on any atom is 0.133 e. The van der Waals surface area contributed by atoms with Crippen molar-refractivity contribution in [3.05, 3.63) is 60.4 Å². The molecule has 3 nitrogen and oxygen atoms in total. The molecule has 1 aromatic heterocycles. The molecule has 1 N–H and O–H groups in total. The van der Waals surface area contributed by atoms with Crippen molar-refractivity contribution in [2.75, 3.05) is 0 Å². The molecule has 2 aromatic carbocycles. The molecule has 0 radical (unpaired) electrons. The maximum atomic E-state index is 9.51. The molecule has 94 valence electrons. The minimum absolute atomic E-state index is 0.254. The Hall–Kier alpha value is -2.55. The van der Waals surface area contributed by atoms with Crippen molar-refractivity contribution in [3.63, 3.8) is 0 Å². The van der Waals surface area contributed by atoms with Crippen molar-refractivity contribution >= 4 is 10.8 Å². The second-order valence-electron chi connectivity index (χ2n) is 4.44. The quantitative estimate of drug-likeness (QED) is 0.747. The van der Waals surface area contributed by atoms with E-state index in [1.165, 1.54) is 0 Å². The molecule has 0 unspecified atom stereocenters. The van der Waals surface area contributed by atoms with E-state index < -0.39 is 0 Å². The van der Waals surface area contributed by atoms with Gasteiger partial charge in [-0.3, -0.25) is 4.98 Å². The lowest BCUT2D eigenvalue weighted by molar-refractivity contribution is 0.475. The van der Waals surface area contributed by atoms with E-state index in [1.807, 2.05) is 37.3 Å². The van der Waals surface area contributed by atoms with Gasteiger partial charge in [-0.2, -0.15) is 0 Å². The number of rotatable bonds is 2. The molecule has 0 atom stereocenters. The van der Waals surface area contributed by atoms with Crippen LogP contribution in [0.1, 0.15) is 5.56 Å². The summed E-state index contributed by atoms with van der Waals surface area (Å²) < 4.78 is 5.84. The summed E-state index contributed by atoms with van der Waals surface area (Å²) in [7, 11) is 0. The van der Waals surface area contributed by atoms with Gasteiger partial charge < -0.3 is 9.84 Å². The maximum absolute atomic E-state index is 9.51. The number of ether oxygens (including phenoxy) is 1. The molecule has 3 aromatic rings. The first-order chi connectivity index (χ1) is 9.22. The zero-order valence-electron chi connectivity index (χ0n) is 10.5. The second-order valence-corrected chi connectivity index (χ2v) is 4.44. The number of pyridine rings is 1. The van der Waals surface area contributed by atoms with Crippen LogP contribution < -0.4 is 4.74 Å². The molecule has 0 saturated carbocycles. The summed E-state index contributed by atoms with van der Waals surface area (Å²) in [6.45, 7) is 1.95. The number of fused-ring (bicyclic) bond motifs is 1. The van der Waals surface area contributed by atoms with E-state index >= 15 is 0 Å². The summed E-state index contributed by atoms with van der Waals surface area (Å²) in [5.41, 5.74) is 0.985. The lowest BCUT2D eigenvalue weighted by Crippen LogP contribution is -1.88.